The number of nitriles is 1. The van der Waals surface area contributed by atoms with E-state index in [1.54, 1.807) is 18.2 Å². The van der Waals surface area contributed by atoms with Crippen LogP contribution in [0, 0.1) is 37.4 Å². The number of nitrogens with two attached hydrogens (primary N) is 1. The monoisotopic (exact) mass is 497 g/mol. The van der Waals surface area contributed by atoms with Crippen LogP contribution in [-0.4, -0.2) is 36.0 Å². The van der Waals surface area contributed by atoms with Crippen molar-refractivity contribution in [2.75, 3.05) is 19.1 Å². The summed E-state index contributed by atoms with van der Waals surface area (Å²) in [7, 11) is 1.95. The Morgan fingerprint density at radius 1 is 1.06 bits per heavy atom. The number of halogens is 1. The number of nitro benzene ring substituents is 2. The Morgan fingerprint density at radius 2 is 1.64 bits per heavy atom. The molecular formula is C22H16FN5O8. The number of carbonyl (C=O) groups is 2. The fourth-order valence-corrected chi connectivity index (χ4v) is 3.77. The van der Waals surface area contributed by atoms with Gasteiger partial charge in [0.15, 0.2) is 0 Å². The first-order valence-corrected chi connectivity index (χ1v) is 9.86. The van der Waals surface area contributed by atoms with Crippen molar-refractivity contribution in [3.8, 4) is 6.07 Å². The minimum absolute atomic E-state index is 0.331. The number of nitrogens with zero attached hydrogens (tertiary/aromatic N) is 4. The molecule has 1 unspecified atom stereocenters. The van der Waals surface area contributed by atoms with Crippen LogP contribution in [0.2, 0.25) is 0 Å². The number of allylic oxidation sites excluding steroid dienone is 1. The molecule has 0 aromatic heterocycles. The van der Waals surface area contributed by atoms with Gasteiger partial charge in [-0.05, 0) is 5.56 Å². The Bertz CT molecular complexity index is 1400. The van der Waals surface area contributed by atoms with Crippen molar-refractivity contribution in [1.82, 2.24) is 0 Å². The van der Waals surface area contributed by atoms with Crippen molar-refractivity contribution < 1.29 is 33.3 Å². The van der Waals surface area contributed by atoms with Crippen LogP contribution in [-0.2, 0) is 19.1 Å². The van der Waals surface area contributed by atoms with Crippen LogP contribution in [0.1, 0.15) is 11.5 Å². The van der Waals surface area contributed by atoms with Gasteiger partial charge in [0.05, 0.1) is 53.3 Å². The molecule has 0 fully saturated rings. The molecule has 1 aliphatic heterocycles. The summed E-state index contributed by atoms with van der Waals surface area (Å²) in [6.45, 7) is 0. The highest BCUT2D eigenvalue weighted by Crippen LogP contribution is 2.46. The normalized spacial score (nSPS) is 15.3. The number of hydrogen-bond donors (Lipinski definition) is 1. The van der Waals surface area contributed by atoms with E-state index in [2.05, 4.69) is 0 Å². The number of ether oxygens (including phenoxy) is 2. The molecule has 3 rings (SSSR count). The number of rotatable bonds is 6. The largest absolute Gasteiger partial charge is 0.466 e. The second kappa shape index (κ2) is 9.89. The molecule has 1 heterocycles. The standard InChI is InChI=1S/C22H16FN5O8/c1-35-21(29)18-17(11-6-4-3-5-7-11)12(10-24)20(25)26(19(18)22(30)36-2)15-8-13(23)14(27(31)32)9-16(15)28(33)34/h3-9,17H,25H2,1-2H3. The highest BCUT2D eigenvalue weighted by atomic mass is 19.1. The Labute approximate surface area is 201 Å². The van der Waals surface area contributed by atoms with Crippen LogP contribution in [0.3, 0.4) is 0 Å². The zero-order chi connectivity index (χ0) is 26.7. The van der Waals surface area contributed by atoms with Gasteiger partial charge in [0, 0.05) is 6.07 Å². The number of carbonyl (C=O) groups excluding carboxylic acids is 2. The zero-order valence-corrected chi connectivity index (χ0v) is 18.6. The number of benzene rings is 2. The van der Waals surface area contributed by atoms with Crippen molar-refractivity contribution in [2.24, 2.45) is 5.73 Å². The Balaban J connectivity index is 2.52. The maximum atomic E-state index is 14.6. The molecule has 0 saturated carbocycles. The van der Waals surface area contributed by atoms with E-state index >= 15 is 0 Å². The summed E-state index contributed by atoms with van der Waals surface area (Å²) >= 11 is 0. The lowest BCUT2D eigenvalue weighted by Gasteiger charge is -2.35. The molecule has 184 valence electrons. The number of hydrogen-bond acceptors (Lipinski definition) is 11. The third kappa shape index (κ3) is 4.16. The van der Waals surface area contributed by atoms with Crippen molar-refractivity contribution >= 4 is 29.0 Å². The number of nitro groups is 2. The van der Waals surface area contributed by atoms with E-state index < -0.39 is 67.7 Å². The van der Waals surface area contributed by atoms with Gasteiger partial charge >= 0.3 is 17.6 Å². The van der Waals surface area contributed by atoms with Gasteiger partial charge in [0.1, 0.15) is 17.2 Å². The Hall–Kier alpha value is -5.32. The van der Waals surface area contributed by atoms with E-state index in [9.17, 15) is 39.5 Å². The minimum Gasteiger partial charge on any atom is -0.466 e. The van der Waals surface area contributed by atoms with Gasteiger partial charge in [-0.1, -0.05) is 30.3 Å². The number of anilines is 1. The maximum absolute atomic E-state index is 14.6. The summed E-state index contributed by atoms with van der Waals surface area (Å²) in [6, 6.07) is 10.5. The lowest BCUT2D eigenvalue weighted by molar-refractivity contribution is -0.395. The van der Waals surface area contributed by atoms with Gasteiger partial charge in [-0.2, -0.15) is 9.65 Å². The summed E-state index contributed by atoms with van der Waals surface area (Å²) in [4.78, 5) is 47.2. The first-order valence-electron chi connectivity index (χ1n) is 9.86. The predicted molar refractivity (Wildman–Crippen MR) is 119 cm³/mol. The second-order valence-corrected chi connectivity index (χ2v) is 7.14. The summed E-state index contributed by atoms with van der Waals surface area (Å²) < 4.78 is 24.3. The average Bonchev–Trinajstić information content (AvgIpc) is 2.86. The lowest BCUT2D eigenvalue weighted by atomic mass is 9.81. The fraction of sp³-hybridized carbons (Fsp3) is 0.136. The molecule has 2 aromatic rings. The second-order valence-electron chi connectivity index (χ2n) is 7.14. The van der Waals surface area contributed by atoms with Gasteiger partial charge in [-0.15, -0.1) is 0 Å². The third-order valence-electron chi connectivity index (χ3n) is 5.29. The maximum Gasteiger partial charge on any atom is 0.355 e. The molecule has 1 aliphatic rings. The van der Waals surface area contributed by atoms with Gasteiger partial charge in [0.2, 0.25) is 5.82 Å². The SMILES string of the molecule is COC(=O)C1=C(C(=O)OC)N(c2cc(F)c([N+](=O)[O-])cc2[N+](=O)[O-])C(N)=C(C#N)C1c1ccccc1. The molecule has 0 amide bonds. The van der Waals surface area contributed by atoms with Gasteiger partial charge in [-0.3, -0.25) is 25.1 Å². The molecule has 0 aliphatic carbocycles. The molecule has 14 heteroatoms. The summed E-state index contributed by atoms with van der Waals surface area (Å²) in [5.41, 5.74) is 2.02. The molecule has 0 saturated heterocycles. The molecule has 36 heavy (non-hydrogen) atoms. The molecule has 2 N–H and O–H groups in total. The van der Waals surface area contributed by atoms with Gasteiger partial charge in [-0.25, -0.2) is 9.59 Å². The van der Waals surface area contributed by atoms with Crippen LogP contribution < -0.4 is 10.6 Å². The van der Waals surface area contributed by atoms with E-state index in [0.29, 0.717) is 22.6 Å². The zero-order valence-electron chi connectivity index (χ0n) is 18.6. The summed E-state index contributed by atoms with van der Waals surface area (Å²) in [5, 5.41) is 32.9. The van der Waals surface area contributed by atoms with Crippen LogP contribution in [0.25, 0.3) is 0 Å². The Morgan fingerprint density at radius 3 is 2.14 bits per heavy atom. The smallest absolute Gasteiger partial charge is 0.355 e. The predicted octanol–water partition coefficient (Wildman–Crippen LogP) is 2.54. The first kappa shape index (κ1) is 25.3. The minimum atomic E-state index is -1.50. The van der Waals surface area contributed by atoms with Crippen molar-refractivity contribution in [3.63, 3.8) is 0 Å². The Kier molecular flexibility index (Phi) is 6.95. The van der Waals surface area contributed by atoms with Crippen molar-refractivity contribution in [2.45, 2.75) is 5.92 Å². The fourth-order valence-electron chi connectivity index (χ4n) is 3.77. The molecule has 2 aromatic carbocycles. The lowest BCUT2D eigenvalue weighted by Crippen LogP contribution is -2.41. The molecule has 1 atom stereocenters. The summed E-state index contributed by atoms with van der Waals surface area (Å²) in [6.07, 6.45) is 0. The quantitative estimate of drug-likeness (QED) is 0.350. The topological polar surface area (TPSA) is 192 Å². The highest BCUT2D eigenvalue weighted by molar-refractivity contribution is 6.06. The first-order chi connectivity index (χ1) is 17.1. The third-order valence-corrected chi connectivity index (χ3v) is 5.29. The van der Waals surface area contributed by atoms with Gasteiger partial charge < -0.3 is 15.2 Å². The molecular weight excluding hydrogens is 481 g/mol. The van der Waals surface area contributed by atoms with E-state index in [0.717, 1.165) is 14.2 Å². The summed E-state index contributed by atoms with van der Waals surface area (Å²) in [5.74, 6) is -5.68. The van der Waals surface area contributed by atoms with E-state index in [1.807, 2.05) is 6.07 Å². The molecule has 0 bridgehead atoms. The van der Waals surface area contributed by atoms with Crippen molar-refractivity contribution in [3.05, 3.63) is 96.7 Å². The van der Waals surface area contributed by atoms with E-state index in [4.69, 9.17) is 15.2 Å². The van der Waals surface area contributed by atoms with Gasteiger partial charge in [0.25, 0.3) is 5.69 Å². The van der Waals surface area contributed by atoms with E-state index in [-0.39, 0.29) is 5.57 Å². The average molecular weight is 497 g/mol. The number of esters is 2. The van der Waals surface area contributed by atoms with Crippen LogP contribution in [0.15, 0.2) is 65.1 Å². The van der Waals surface area contributed by atoms with E-state index in [1.165, 1.54) is 12.1 Å². The van der Waals surface area contributed by atoms with Crippen LogP contribution in [0.4, 0.5) is 21.5 Å². The van der Waals surface area contributed by atoms with Crippen LogP contribution >= 0.6 is 0 Å². The van der Waals surface area contributed by atoms with Crippen molar-refractivity contribution in [1.29, 1.82) is 5.26 Å². The molecule has 0 spiro atoms. The molecule has 13 nitrogen and oxygen atoms in total. The highest BCUT2D eigenvalue weighted by Gasteiger charge is 2.45. The number of methoxy groups -OCH3 is 2. The molecule has 0 radical (unpaired) electrons. The van der Waals surface area contributed by atoms with Crippen LogP contribution in [0.5, 0.6) is 0 Å².